The number of rotatable bonds is 4. The Kier molecular flexibility index (Phi) is 5.53. The third kappa shape index (κ3) is 4.08. The van der Waals surface area contributed by atoms with Gasteiger partial charge < -0.3 is 16.0 Å². The van der Waals surface area contributed by atoms with E-state index in [-0.39, 0.29) is 17.7 Å². The minimum absolute atomic E-state index is 0.207. The molecule has 1 heterocycles. The highest BCUT2D eigenvalue weighted by Gasteiger charge is 2.32. The van der Waals surface area contributed by atoms with Crippen molar-refractivity contribution in [1.82, 2.24) is 10.2 Å². The molecule has 0 aliphatic carbocycles. The summed E-state index contributed by atoms with van der Waals surface area (Å²) < 4.78 is 0. The molecule has 0 atom stereocenters. The molecule has 8 nitrogen and oxygen atoms in total. The fraction of sp³-hybridized carbons (Fsp3) is 0.111. The molecule has 5 amide bonds. The summed E-state index contributed by atoms with van der Waals surface area (Å²) in [4.78, 5) is 48.8. The summed E-state index contributed by atoms with van der Waals surface area (Å²) in [7, 11) is 1.38. The zero-order valence-corrected chi connectivity index (χ0v) is 16.0. The average molecular weight is 421 g/mol. The maximum Gasteiger partial charge on any atom is 0.319 e. The summed E-state index contributed by atoms with van der Waals surface area (Å²) in [6.45, 7) is -0.320. The first-order valence-electron chi connectivity index (χ1n) is 8.02. The Morgan fingerprint density at radius 2 is 1.68 bits per heavy atom. The molecule has 3 rings (SSSR count). The smallest absolute Gasteiger partial charge is 0.319 e. The van der Waals surface area contributed by atoms with Gasteiger partial charge in [0.2, 0.25) is 5.91 Å². The van der Waals surface area contributed by atoms with Crippen LogP contribution in [0.15, 0.2) is 36.4 Å². The SMILES string of the molecule is CN1C(=O)c2ccc(NC(=O)NCC(=O)Nc3cc(Cl)ccc3Cl)cc2C1=O. The monoisotopic (exact) mass is 420 g/mol. The molecule has 0 spiro atoms. The van der Waals surface area contributed by atoms with Gasteiger partial charge in [0.15, 0.2) is 0 Å². The van der Waals surface area contributed by atoms with Crippen molar-refractivity contribution in [2.45, 2.75) is 0 Å². The normalized spacial score (nSPS) is 12.6. The number of hydrogen-bond acceptors (Lipinski definition) is 4. The number of carbonyl (C=O) groups is 4. The standard InChI is InChI=1S/C18H14Cl2N4O4/c1-24-16(26)11-4-3-10(7-12(11)17(24)27)22-18(28)21-8-15(25)23-14-6-9(19)2-5-13(14)20/h2-7H,8H2,1H3,(H,23,25)(H2,21,22,28). The molecule has 144 valence electrons. The van der Waals surface area contributed by atoms with E-state index in [2.05, 4.69) is 16.0 Å². The van der Waals surface area contributed by atoms with Crippen molar-refractivity contribution in [1.29, 1.82) is 0 Å². The van der Waals surface area contributed by atoms with Crippen LogP contribution < -0.4 is 16.0 Å². The number of urea groups is 1. The topological polar surface area (TPSA) is 108 Å². The van der Waals surface area contributed by atoms with E-state index in [0.717, 1.165) is 4.90 Å². The van der Waals surface area contributed by atoms with Crippen LogP contribution in [0.1, 0.15) is 20.7 Å². The van der Waals surface area contributed by atoms with E-state index in [4.69, 9.17) is 23.2 Å². The number of nitrogens with zero attached hydrogens (tertiary/aromatic N) is 1. The highest BCUT2D eigenvalue weighted by molar-refractivity contribution is 6.35. The zero-order chi connectivity index (χ0) is 20.4. The maximum absolute atomic E-state index is 12.0. The fourth-order valence-corrected chi connectivity index (χ4v) is 2.90. The average Bonchev–Trinajstić information content (AvgIpc) is 2.87. The van der Waals surface area contributed by atoms with Gasteiger partial charge in [-0.05, 0) is 36.4 Å². The number of carbonyl (C=O) groups excluding carboxylic acids is 4. The first-order chi connectivity index (χ1) is 13.3. The third-order valence-electron chi connectivity index (χ3n) is 3.96. The van der Waals surface area contributed by atoms with Crippen molar-refractivity contribution in [3.8, 4) is 0 Å². The minimum atomic E-state index is -0.655. The van der Waals surface area contributed by atoms with Gasteiger partial charge in [-0.2, -0.15) is 0 Å². The Balaban J connectivity index is 1.56. The van der Waals surface area contributed by atoms with Crippen molar-refractivity contribution in [3.05, 3.63) is 57.6 Å². The molecule has 1 aliphatic rings. The Bertz CT molecular complexity index is 1010. The second-order valence-corrected chi connectivity index (χ2v) is 6.75. The lowest BCUT2D eigenvalue weighted by Gasteiger charge is -2.10. The quantitative estimate of drug-likeness (QED) is 0.660. The molecule has 10 heteroatoms. The summed E-state index contributed by atoms with van der Waals surface area (Å²) in [6.07, 6.45) is 0. The molecule has 0 radical (unpaired) electrons. The molecule has 2 aromatic carbocycles. The van der Waals surface area contributed by atoms with E-state index >= 15 is 0 Å². The summed E-state index contributed by atoms with van der Waals surface area (Å²) >= 11 is 11.8. The molecular weight excluding hydrogens is 407 g/mol. The highest BCUT2D eigenvalue weighted by atomic mass is 35.5. The first kappa shape index (κ1) is 19.7. The number of anilines is 2. The van der Waals surface area contributed by atoms with Crippen molar-refractivity contribution < 1.29 is 19.2 Å². The Morgan fingerprint density at radius 3 is 2.43 bits per heavy atom. The van der Waals surface area contributed by atoms with Crippen LogP contribution in [-0.2, 0) is 4.79 Å². The molecule has 28 heavy (non-hydrogen) atoms. The van der Waals surface area contributed by atoms with Crippen LogP contribution in [0.25, 0.3) is 0 Å². The van der Waals surface area contributed by atoms with Gasteiger partial charge >= 0.3 is 6.03 Å². The summed E-state index contributed by atoms with van der Waals surface area (Å²) in [5.41, 5.74) is 1.12. The molecule has 0 bridgehead atoms. The van der Waals surface area contributed by atoms with E-state index in [1.54, 1.807) is 6.07 Å². The third-order valence-corrected chi connectivity index (χ3v) is 4.52. The van der Waals surface area contributed by atoms with E-state index in [1.807, 2.05) is 0 Å². The van der Waals surface area contributed by atoms with Gasteiger partial charge in [-0.25, -0.2) is 4.79 Å². The van der Waals surface area contributed by atoms with Crippen LogP contribution in [0.2, 0.25) is 10.0 Å². The minimum Gasteiger partial charge on any atom is -0.329 e. The maximum atomic E-state index is 12.0. The second-order valence-electron chi connectivity index (χ2n) is 5.91. The predicted octanol–water partition coefficient (Wildman–Crippen LogP) is 2.98. The largest absolute Gasteiger partial charge is 0.329 e. The molecule has 1 aliphatic heterocycles. The van der Waals surface area contributed by atoms with Crippen LogP contribution in [0.4, 0.5) is 16.2 Å². The molecular formula is C18H14Cl2N4O4. The van der Waals surface area contributed by atoms with E-state index < -0.39 is 23.8 Å². The van der Waals surface area contributed by atoms with Gasteiger partial charge in [0.05, 0.1) is 28.4 Å². The number of halogens is 2. The lowest BCUT2D eigenvalue weighted by molar-refractivity contribution is -0.115. The Morgan fingerprint density at radius 1 is 0.964 bits per heavy atom. The van der Waals surface area contributed by atoms with Crippen LogP contribution in [-0.4, -0.2) is 42.2 Å². The van der Waals surface area contributed by atoms with E-state index in [1.165, 1.54) is 37.4 Å². The molecule has 2 aromatic rings. The van der Waals surface area contributed by atoms with Crippen molar-refractivity contribution in [2.75, 3.05) is 24.2 Å². The van der Waals surface area contributed by atoms with Crippen molar-refractivity contribution in [2.24, 2.45) is 0 Å². The van der Waals surface area contributed by atoms with Gasteiger partial charge in [-0.3, -0.25) is 19.3 Å². The Labute approximate surface area is 169 Å². The summed E-state index contributed by atoms with van der Waals surface area (Å²) in [6, 6.07) is 8.32. The molecule has 0 saturated carbocycles. The van der Waals surface area contributed by atoms with Crippen LogP contribution in [0.5, 0.6) is 0 Å². The number of fused-ring (bicyclic) bond motifs is 1. The second kappa shape index (κ2) is 7.87. The van der Waals surface area contributed by atoms with Gasteiger partial charge in [0.25, 0.3) is 11.8 Å². The first-order valence-corrected chi connectivity index (χ1v) is 8.78. The lowest BCUT2D eigenvalue weighted by Crippen LogP contribution is -2.35. The van der Waals surface area contributed by atoms with E-state index in [0.29, 0.717) is 21.4 Å². The van der Waals surface area contributed by atoms with Crippen molar-refractivity contribution in [3.63, 3.8) is 0 Å². The zero-order valence-electron chi connectivity index (χ0n) is 14.5. The van der Waals surface area contributed by atoms with Gasteiger partial charge in [-0.1, -0.05) is 23.2 Å². The molecule has 0 unspecified atom stereocenters. The fourth-order valence-electron chi connectivity index (χ4n) is 2.56. The lowest BCUT2D eigenvalue weighted by atomic mass is 10.1. The van der Waals surface area contributed by atoms with E-state index in [9.17, 15) is 19.2 Å². The van der Waals surface area contributed by atoms with Crippen LogP contribution >= 0.6 is 23.2 Å². The van der Waals surface area contributed by atoms with Gasteiger partial charge in [0, 0.05) is 17.8 Å². The number of imide groups is 1. The Hall–Kier alpha value is -3.10. The molecule has 3 N–H and O–H groups in total. The van der Waals surface area contributed by atoms with Gasteiger partial charge in [-0.15, -0.1) is 0 Å². The molecule has 0 saturated heterocycles. The predicted molar refractivity (Wildman–Crippen MR) is 105 cm³/mol. The van der Waals surface area contributed by atoms with Crippen molar-refractivity contribution >= 4 is 58.3 Å². The highest BCUT2D eigenvalue weighted by Crippen LogP contribution is 2.26. The number of amides is 5. The van der Waals surface area contributed by atoms with Gasteiger partial charge in [0.1, 0.15) is 0 Å². The van der Waals surface area contributed by atoms with Crippen LogP contribution in [0, 0.1) is 0 Å². The number of hydrogen-bond donors (Lipinski definition) is 3. The number of nitrogens with one attached hydrogen (secondary N) is 3. The molecule has 0 aromatic heterocycles. The molecule has 0 fully saturated rings. The van der Waals surface area contributed by atoms with Crippen LogP contribution in [0.3, 0.4) is 0 Å². The summed E-state index contributed by atoms with van der Waals surface area (Å²) in [5, 5.41) is 8.13. The summed E-state index contributed by atoms with van der Waals surface area (Å²) in [5.74, 6) is -1.34. The number of benzene rings is 2.